The summed E-state index contributed by atoms with van der Waals surface area (Å²) < 4.78 is 12.3. The van der Waals surface area contributed by atoms with Crippen LogP contribution in [0.2, 0.25) is 10.4 Å². The number of hydrogen-bond donors (Lipinski definition) is 0. The van der Waals surface area contributed by atoms with Crippen molar-refractivity contribution in [2.24, 2.45) is 0 Å². The molecule has 5 heteroatoms. The second kappa shape index (κ2) is 5.39. The molecule has 0 radical (unpaired) electrons. The Labute approximate surface area is 127 Å². The molecule has 2 atom stereocenters. The smallest absolute Gasteiger partial charge is 0.274 e. The summed E-state index contributed by atoms with van der Waals surface area (Å²) in [4.78, 5) is 0. The Kier molecular flexibility index (Phi) is 4.44. The van der Waals surface area contributed by atoms with Gasteiger partial charge in [0.1, 0.15) is 7.28 Å². The van der Waals surface area contributed by atoms with E-state index in [1.165, 1.54) is 39.4 Å². The zero-order valence-electron chi connectivity index (χ0n) is 14.5. The van der Waals surface area contributed by atoms with Crippen molar-refractivity contribution in [1.82, 2.24) is 0 Å². The maximum atomic E-state index is 6.14. The molecule has 0 aromatic rings. The first-order chi connectivity index (χ1) is 9.04. The highest BCUT2D eigenvalue weighted by molar-refractivity contribution is 6.71. The second-order valence-corrected chi connectivity index (χ2v) is 9.33. The average molecular weight is 276 g/mol. The van der Waals surface area contributed by atoms with Crippen LogP contribution in [0.1, 0.15) is 73.6 Å². The minimum absolute atomic E-state index is 0.0145. The van der Waals surface area contributed by atoms with Crippen molar-refractivity contribution in [3.63, 3.8) is 0 Å². The van der Waals surface area contributed by atoms with Gasteiger partial charge in [-0.05, 0) is 41.5 Å². The summed E-state index contributed by atoms with van der Waals surface area (Å²) in [6, 6.07) is 0. The molecule has 0 amide bonds. The fraction of sp³-hybridized carbons (Fsp3) is 1.00. The van der Waals surface area contributed by atoms with Crippen molar-refractivity contribution < 1.29 is 9.31 Å². The molecule has 2 unspecified atom stereocenters. The monoisotopic (exact) mass is 276 g/mol. The Hall–Kier alpha value is 0.115. The molecule has 0 N–H and O–H groups in total. The van der Waals surface area contributed by atoms with Gasteiger partial charge >= 0.3 is 0 Å². The van der Waals surface area contributed by atoms with Gasteiger partial charge in [-0.3, -0.25) is 0 Å². The topological polar surface area (TPSA) is 18.5 Å². The van der Waals surface area contributed by atoms with Crippen LogP contribution in [0.25, 0.3) is 0 Å². The quantitative estimate of drug-likeness (QED) is 0.735. The lowest BCUT2D eigenvalue weighted by molar-refractivity contribution is 0.132. The van der Waals surface area contributed by atoms with Crippen LogP contribution in [0.4, 0.5) is 0 Å². The summed E-state index contributed by atoms with van der Waals surface area (Å²) in [5, 5.41) is 0.875. The molecule has 2 saturated heterocycles. The molecule has 20 heavy (non-hydrogen) atoms. The Morgan fingerprint density at radius 2 is 1.15 bits per heavy atom. The minimum atomic E-state index is -0.0145. The molecule has 112 valence electrons. The third kappa shape index (κ3) is 4.30. The summed E-state index contributed by atoms with van der Waals surface area (Å²) in [6.45, 7) is 13.0. The predicted molar refractivity (Wildman–Crippen MR) is 91.6 cm³/mol. The van der Waals surface area contributed by atoms with E-state index in [2.05, 4.69) is 41.5 Å². The van der Waals surface area contributed by atoms with Crippen molar-refractivity contribution >= 4 is 22.2 Å². The first-order valence-corrected chi connectivity index (χ1v) is 8.31. The van der Waals surface area contributed by atoms with Gasteiger partial charge in [0.15, 0.2) is 0 Å². The fourth-order valence-corrected chi connectivity index (χ4v) is 3.90. The van der Waals surface area contributed by atoms with Gasteiger partial charge in [0.05, 0.1) is 0 Å². The van der Waals surface area contributed by atoms with Crippen molar-refractivity contribution in [3.8, 4) is 0 Å². The number of rotatable bonds is 4. The predicted octanol–water partition coefficient (Wildman–Crippen LogP) is 2.97. The molecule has 2 heterocycles. The SMILES string of the molecule is CC(C)(C)OBC12BC(BOC(C)(C)C)(CCC1)CC2. The second-order valence-electron chi connectivity index (χ2n) is 9.33. The molecular weight excluding hydrogens is 245 g/mol. The third-order valence-corrected chi connectivity index (χ3v) is 4.97. The van der Waals surface area contributed by atoms with Gasteiger partial charge in [0.25, 0.3) is 15.0 Å². The van der Waals surface area contributed by atoms with Crippen LogP contribution < -0.4 is 0 Å². The van der Waals surface area contributed by atoms with Crippen molar-refractivity contribution in [2.45, 2.75) is 95.3 Å². The highest BCUT2D eigenvalue weighted by Crippen LogP contribution is 2.60. The van der Waals surface area contributed by atoms with E-state index in [-0.39, 0.29) is 11.2 Å². The van der Waals surface area contributed by atoms with Crippen LogP contribution in [0.3, 0.4) is 0 Å². The molecule has 0 aromatic carbocycles. The average Bonchev–Trinajstić information content (AvgIpc) is 2.56. The van der Waals surface area contributed by atoms with E-state index in [0.717, 1.165) is 15.0 Å². The highest BCUT2D eigenvalue weighted by Gasteiger charge is 2.53. The summed E-state index contributed by atoms with van der Waals surface area (Å²) in [5.74, 6) is 0. The van der Waals surface area contributed by atoms with Crippen molar-refractivity contribution in [1.29, 1.82) is 0 Å². The van der Waals surface area contributed by atoms with E-state index < -0.39 is 0 Å². The number of hydrogen-bond acceptors (Lipinski definition) is 2. The Balaban J connectivity index is 1.96. The van der Waals surface area contributed by atoms with Crippen LogP contribution in [-0.2, 0) is 9.31 Å². The molecule has 0 saturated carbocycles. The largest absolute Gasteiger partial charge is 0.435 e. The lowest BCUT2D eigenvalue weighted by Gasteiger charge is -2.39. The van der Waals surface area contributed by atoms with Crippen molar-refractivity contribution in [2.75, 3.05) is 0 Å². The molecule has 2 aliphatic heterocycles. The van der Waals surface area contributed by atoms with Gasteiger partial charge < -0.3 is 9.31 Å². The lowest BCUT2D eigenvalue weighted by Crippen LogP contribution is -2.40. The normalized spacial score (nSPS) is 33.7. The van der Waals surface area contributed by atoms with Gasteiger partial charge in [0, 0.05) is 11.2 Å². The molecule has 0 aromatic heterocycles. The van der Waals surface area contributed by atoms with Crippen LogP contribution >= 0.6 is 0 Å². The molecule has 2 fully saturated rings. The van der Waals surface area contributed by atoms with E-state index in [9.17, 15) is 0 Å². The zero-order valence-corrected chi connectivity index (χ0v) is 14.5. The van der Waals surface area contributed by atoms with E-state index in [1.54, 1.807) is 0 Å². The van der Waals surface area contributed by atoms with Crippen LogP contribution in [0.15, 0.2) is 0 Å². The molecule has 2 aliphatic rings. The van der Waals surface area contributed by atoms with Gasteiger partial charge in [-0.2, -0.15) is 0 Å². The van der Waals surface area contributed by atoms with E-state index >= 15 is 0 Å². The maximum Gasteiger partial charge on any atom is 0.274 e. The third-order valence-electron chi connectivity index (χ3n) is 4.97. The maximum absolute atomic E-state index is 6.14. The molecule has 2 bridgehead atoms. The van der Waals surface area contributed by atoms with Gasteiger partial charge in [0.2, 0.25) is 0 Å². The molecule has 2 nitrogen and oxygen atoms in total. The lowest BCUT2D eigenvalue weighted by atomic mass is 9.26. The van der Waals surface area contributed by atoms with Crippen molar-refractivity contribution in [3.05, 3.63) is 0 Å². The molecule has 0 aliphatic carbocycles. The molecular formula is C15H31B3O2. The first kappa shape index (κ1) is 16.5. The van der Waals surface area contributed by atoms with Crippen LogP contribution in [-0.4, -0.2) is 33.4 Å². The summed E-state index contributed by atoms with van der Waals surface area (Å²) in [5.41, 5.74) is -0.0291. The minimum Gasteiger partial charge on any atom is -0.435 e. The van der Waals surface area contributed by atoms with Crippen LogP contribution in [0, 0.1) is 0 Å². The zero-order chi connectivity index (χ0) is 15.1. The fourth-order valence-electron chi connectivity index (χ4n) is 3.90. The van der Waals surface area contributed by atoms with Crippen LogP contribution in [0.5, 0.6) is 0 Å². The first-order valence-electron chi connectivity index (χ1n) is 8.31. The Bertz CT molecular complexity index is 316. The highest BCUT2D eigenvalue weighted by atomic mass is 16.5. The molecule has 0 spiro atoms. The van der Waals surface area contributed by atoms with Gasteiger partial charge in [-0.15, -0.1) is 0 Å². The van der Waals surface area contributed by atoms with E-state index in [1.807, 2.05) is 0 Å². The standard InChI is InChI=1S/C15H31B3O2/c1-12(2,3)19-17-14-8-7-9-15(16-14,11-10-14)18-20-13(4,5)6/h16-18H,7-11H2,1-6H3. The summed E-state index contributed by atoms with van der Waals surface area (Å²) in [6.07, 6.45) is 6.70. The van der Waals surface area contributed by atoms with Gasteiger partial charge in [-0.25, -0.2) is 0 Å². The Morgan fingerprint density at radius 3 is 1.50 bits per heavy atom. The summed E-state index contributed by atoms with van der Waals surface area (Å²) in [7, 11) is 3.19. The number of fused-ring (bicyclic) bond motifs is 2. The summed E-state index contributed by atoms with van der Waals surface area (Å²) >= 11 is 0. The molecule has 2 rings (SSSR count). The van der Waals surface area contributed by atoms with E-state index in [4.69, 9.17) is 9.31 Å². The Morgan fingerprint density at radius 1 is 0.750 bits per heavy atom. The van der Waals surface area contributed by atoms with Gasteiger partial charge in [-0.1, -0.05) is 42.5 Å². The van der Waals surface area contributed by atoms with E-state index in [0.29, 0.717) is 10.4 Å².